The van der Waals surface area contributed by atoms with E-state index in [2.05, 4.69) is 23.7 Å². The number of halogens is 2. The largest absolute Gasteiger partial charge is 0.489 e. The van der Waals surface area contributed by atoms with E-state index < -0.39 is 11.8 Å². The third-order valence-electron chi connectivity index (χ3n) is 7.19. The van der Waals surface area contributed by atoms with E-state index in [1.807, 2.05) is 74.5 Å². The fourth-order valence-electron chi connectivity index (χ4n) is 4.88. The zero-order valence-corrected chi connectivity index (χ0v) is 25.9. The lowest BCUT2D eigenvalue weighted by Gasteiger charge is -2.29. The number of hydrogen-bond acceptors (Lipinski definition) is 4. The molecule has 6 nitrogen and oxygen atoms in total. The lowest BCUT2D eigenvalue weighted by molar-refractivity contribution is -0.122. The normalized spacial score (nSPS) is 14.6. The summed E-state index contributed by atoms with van der Waals surface area (Å²) in [6.45, 7) is 8.44. The third kappa shape index (κ3) is 6.00. The molecule has 2 amide bonds. The second kappa shape index (κ2) is 12.1. The van der Waals surface area contributed by atoms with Crippen LogP contribution in [0.15, 0.2) is 78.4 Å². The second-order valence-electron chi connectivity index (χ2n) is 10.4. The molecule has 1 fully saturated rings. The molecule has 42 heavy (non-hydrogen) atoms. The minimum Gasteiger partial charge on any atom is -0.489 e. The SMILES string of the molecule is Cc1cc(/C=C2\C(=O)NC(=S)N(c3ccc(C(C)C)cc3)C2=O)c(C)n1-c1ccc(OCc2ccc(Cl)cc2Cl)cc1. The molecule has 5 rings (SSSR count). The van der Waals surface area contributed by atoms with Crippen LogP contribution in [-0.2, 0) is 16.2 Å². The fourth-order valence-corrected chi connectivity index (χ4v) is 5.62. The minimum atomic E-state index is -0.521. The average molecular weight is 619 g/mol. The van der Waals surface area contributed by atoms with Crippen LogP contribution in [0.5, 0.6) is 5.75 Å². The maximum Gasteiger partial charge on any atom is 0.270 e. The van der Waals surface area contributed by atoms with Crippen LogP contribution >= 0.6 is 35.4 Å². The van der Waals surface area contributed by atoms with E-state index in [-0.39, 0.29) is 10.7 Å². The molecule has 0 radical (unpaired) electrons. The van der Waals surface area contributed by atoms with E-state index in [4.69, 9.17) is 40.2 Å². The molecule has 1 aromatic heterocycles. The van der Waals surface area contributed by atoms with Crippen molar-refractivity contribution in [1.82, 2.24) is 9.88 Å². The Morgan fingerprint density at radius 3 is 2.24 bits per heavy atom. The molecule has 2 heterocycles. The highest BCUT2D eigenvalue weighted by Crippen LogP contribution is 2.28. The van der Waals surface area contributed by atoms with Crippen molar-refractivity contribution in [1.29, 1.82) is 0 Å². The highest BCUT2D eigenvalue weighted by atomic mass is 35.5. The molecule has 1 aliphatic rings. The Kier molecular flexibility index (Phi) is 8.55. The number of benzene rings is 3. The first-order valence-electron chi connectivity index (χ1n) is 13.4. The van der Waals surface area contributed by atoms with Gasteiger partial charge in [0.2, 0.25) is 0 Å². The maximum atomic E-state index is 13.6. The predicted octanol–water partition coefficient (Wildman–Crippen LogP) is 7.93. The first-order valence-corrected chi connectivity index (χ1v) is 14.6. The molecule has 4 aromatic rings. The topological polar surface area (TPSA) is 63.6 Å². The van der Waals surface area contributed by atoms with Gasteiger partial charge < -0.3 is 9.30 Å². The van der Waals surface area contributed by atoms with Gasteiger partial charge in [-0.15, -0.1) is 0 Å². The molecule has 0 unspecified atom stereocenters. The summed E-state index contributed by atoms with van der Waals surface area (Å²) in [7, 11) is 0. The number of ether oxygens (including phenoxy) is 1. The van der Waals surface area contributed by atoms with Gasteiger partial charge in [-0.3, -0.25) is 19.8 Å². The zero-order chi connectivity index (χ0) is 30.1. The number of nitrogens with one attached hydrogen (secondary N) is 1. The molecule has 0 bridgehead atoms. The van der Waals surface area contributed by atoms with Gasteiger partial charge in [0, 0.05) is 32.7 Å². The van der Waals surface area contributed by atoms with Crippen LogP contribution in [-0.4, -0.2) is 21.5 Å². The first kappa shape index (κ1) is 29.6. The van der Waals surface area contributed by atoms with E-state index in [1.165, 1.54) is 4.90 Å². The van der Waals surface area contributed by atoms with Gasteiger partial charge >= 0.3 is 0 Å². The monoisotopic (exact) mass is 617 g/mol. The number of thiocarbonyl (C=S) groups is 1. The van der Waals surface area contributed by atoms with Crippen molar-refractivity contribution in [2.75, 3.05) is 4.90 Å². The number of aryl methyl sites for hydroxylation is 1. The number of nitrogens with zero attached hydrogens (tertiary/aromatic N) is 2. The van der Waals surface area contributed by atoms with Crippen LogP contribution in [0.25, 0.3) is 11.8 Å². The highest BCUT2D eigenvalue weighted by Gasteiger charge is 2.34. The van der Waals surface area contributed by atoms with Crippen molar-refractivity contribution in [3.63, 3.8) is 0 Å². The molecule has 1 aliphatic heterocycles. The van der Waals surface area contributed by atoms with Crippen molar-refractivity contribution in [3.05, 3.63) is 116 Å². The summed E-state index contributed by atoms with van der Waals surface area (Å²) < 4.78 is 7.98. The van der Waals surface area contributed by atoms with E-state index in [0.717, 1.165) is 33.8 Å². The molecule has 9 heteroatoms. The molecule has 214 valence electrons. The molecular weight excluding hydrogens is 589 g/mol. The van der Waals surface area contributed by atoms with Crippen LogP contribution < -0.4 is 15.0 Å². The molecule has 1 N–H and O–H groups in total. The number of carbonyl (C=O) groups is 2. The third-order valence-corrected chi connectivity index (χ3v) is 8.07. The molecule has 0 saturated carbocycles. The highest BCUT2D eigenvalue weighted by molar-refractivity contribution is 7.80. The summed E-state index contributed by atoms with van der Waals surface area (Å²) in [5, 5.41) is 3.86. The molecule has 3 aromatic carbocycles. The molecule has 0 aliphatic carbocycles. The Morgan fingerprint density at radius 1 is 0.929 bits per heavy atom. The van der Waals surface area contributed by atoms with Crippen LogP contribution in [0.2, 0.25) is 10.0 Å². The fraction of sp³-hybridized carbons (Fsp3) is 0.182. The van der Waals surface area contributed by atoms with E-state index >= 15 is 0 Å². The lowest BCUT2D eigenvalue weighted by Crippen LogP contribution is -2.54. The summed E-state index contributed by atoms with van der Waals surface area (Å²) in [5.74, 6) is 0.0578. The number of carbonyl (C=O) groups excluding carboxylic acids is 2. The predicted molar refractivity (Wildman–Crippen MR) is 173 cm³/mol. The molecular formula is C33H29Cl2N3O3S. The lowest BCUT2D eigenvalue weighted by atomic mass is 10.0. The smallest absolute Gasteiger partial charge is 0.270 e. The van der Waals surface area contributed by atoms with Crippen molar-refractivity contribution in [3.8, 4) is 11.4 Å². The van der Waals surface area contributed by atoms with Crippen LogP contribution in [0, 0.1) is 13.8 Å². The van der Waals surface area contributed by atoms with Crippen LogP contribution in [0.4, 0.5) is 5.69 Å². The summed E-state index contributed by atoms with van der Waals surface area (Å²) in [5.41, 5.74) is 6.10. The van der Waals surface area contributed by atoms with Gasteiger partial charge in [0.25, 0.3) is 11.8 Å². The van der Waals surface area contributed by atoms with Gasteiger partial charge in [-0.05, 0) is 104 Å². The van der Waals surface area contributed by atoms with Gasteiger partial charge in [-0.25, -0.2) is 0 Å². The van der Waals surface area contributed by atoms with Crippen molar-refractivity contribution in [2.24, 2.45) is 0 Å². The second-order valence-corrected chi connectivity index (χ2v) is 11.6. The summed E-state index contributed by atoms with van der Waals surface area (Å²) in [4.78, 5) is 27.8. The van der Waals surface area contributed by atoms with Gasteiger partial charge in [-0.1, -0.05) is 55.2 Å². The average Bonchev–Trinajstić information content (AvgIpc) is 3.23. The van der Waals surface area contributed by atoms with Crippen LogP contribution in [0.3, 0.4) is 0 Å². The Morgan fingerprint density at radius 2 is 1.60 bits per heavy atom. The number of hydrogen-bond donors (Lipinski definition) is 1. The van der Waals surface area contributed by atoms with Gasteiger partial charge in [0.1, 0.15) is 17.9 Å². The van der Waals surface area contributed by atoms with E-state index in [0.29, 0.717) is 34.0 Å². The van der Waals surface area contributed by atoms with E-state index in [1.54, 1.807) is 18.2 Å². The van der Waals surface area contributed by atoms with Gasteiger partial charge in [-0.2, -0.15) is 0 Å². The Bertz CT molecular complexity index is 1720. The minimum absolute atomic E-state index is 0.0152. The summed E-state index contributed by atoms with van der Waals surface area (Å²) in [6.07, 6.45) is 1.63. The molecule has 0 atom stereocenters. The number of aromatic nitrogens is 1. The molecule has 1 saturated heterocycles. The summed E-state index contributed by atoms with van der Waals surface area (Å²) >= 11 is 17.6. The Hall–Kier alpha value is -3.91. The summed E-state index contributed by atoms with van der Waals surface area (Å²) in [6, 6.07) is 22.6. The maximum absolute atomic E-state index is 13.6. The van der Waals surface area contributed by atoms with Crippen molar-refractivity contribution < 1.29 is 14.3 Å². The van der Waals surface area contributed by atoms with Crippen molar-refractivity contribution >= 4 is 64.1 Å². The number of anilines is 1. The number of rotatable bonds is 7. The zero-order valence-electron chi connectivity index (χ0n) is 23.6. The first-order chi connectivity index (χ1) is 20.0. The standard InChI is InChI=1S/C33H29Cl2N3O3S/c1-19(2)22-6-9-27(10-7-22)38-32(40)29(31(39)36-33(38)42)16-24-15-20(3)37(21(24)4)26-11-13-28(14-12-26)41-18-23-5-8-25(34)17-30(23)35/h5-17,19H,18H2,1-4H3,(H,36,39,42)/b29-16+. The molecule has 0 spiro atoms. The van der Waals surface area contributed by atoms with Crippen molar-refractivity contribution in [2.45, 2.75) is 40.2 Å². The van der Waals surface area contributed by atoms with E-state index in [9.17, 15) is 9.59 Å². The van der Waals surface area contributed by atoms with Gasteiger partial charge in [0.15, 0.2) is 5.11 Å². The Labute approximate surface area is 260 Å². The van der Waals surface area contributed by atoms with Crippen LogP contribution in [0.1, 0.15) is 47.8 Å². The Balaban J connectivity index is 1.38. The number of amides is 2. The van der Waals surface area contributed by atoms with Gasteiger partial charge in [0.05, 0.1) is 5.69 Å². The quantitative estimate of drug-likeness (QED) is 0.130.